The van der Waals surface area contributed by atoms with Crippen molar-refractivity contribution in [3.8, 4) is 5.75 Å². The lowest BCUT2D eigenvalue weighted by atomic mass is 10.1. The largest absolute Gasteiger partial charge is 0.497 e. The lowest BCUT2D eigenvalue weighted by Crippen LogP contribution is -2.01. The number of ether oxygens (including phenoxy) is 1. The van der Waals surface area contributed by atoms with Crippen molar-refractivity contribution >= 4 is 17.8 Å². The zero-order chi connectivity index (χ0) is 11.5. The molecule has 0 radical (unpaired) electrons. The van der Waals surface area contributed by atoms with Crippen molar-refractivity contribution in [1.29, 1.82) is 0 Å². The molecule has 2 rings (SSSR count). The van der Waals surface area contributed by atoms with Crippen LogP contribution in [0.15, 0.2) is 35.0 Å². The highest BCUT2D eigenvalue weighted by Crippen LogP contribution is 2.17. The summed E-state index contributed by atoms with van der Waals surface area (Å²) in [6, 6.07) is 7.40. The molecule has 4 heteroatoms. The van der Waals surface area contributed by atoms with Crippen LogP contribution in [0.25, 0.3) is 6.08 Å². The molecule has 0 fully saturated rings. The molecular formula is C12H11NO3. The van der Waals surface area contributed by atoms with Gasteiger partial charge in [0.15, 0.2) is 0 Å². The summed E-state index contributed by atoms with van der Waals surface area (Å²) in [5, 5.41) is 3.60. The molecule has 0 spiro atoms. The lowest BCUT2D eigenvalue weighted by molar-refractivity contribution is -0.136. The fourth-order valence-electron chi connectivity index (χ4n) is 1.39. The number of hydrogen-bond acceptors (Lipinski definition) is 4. The second kappa shape index (κ2) is 4.18. The van der Waals surface area contributed by atoms with Crippen LogP contribution in [-0.4, -0.2) is 18.8 Å². The van der Waals surface area contributed by atoms with E-state index in [1.54, 1.807) is 20.1 Å². The minimum Gasteiger partial charge on any atom is -0.497 e. The van der Waals surface area contributed by atoms with E-state index in [-0.39, 0.29) is 0 Å². The molecule has 1 aromatic rings. The first-order valence-corrected chi connectivity index (χ1v) is 4.83. The molecule has 0 bridgehead atoms. The number of hydrogen-bond donors (Lipinski definition) is 0. The van der Waals surface area contributed by atoms with Gasteiger partial charge in [0.25, 0.3) is 0 Å². The van der Waals surface area contributed by atoms with Crippen LogP contribution in [-0.2, 0) is 9.63 Å². The highest BCUT2D eigenvalue weighted by Gasteiger charge is 2.21. The van der Waals surface area contributed by atoms with Gasteiger partial charge in [-0.2, -0.15) is 0 Å². The number of oxime groups is 1. The van der Waals surface area contributed by atoms with E-state index in [0.29, 0.717) is 11.3 Å². The van der Waals surface area contributed by atoms with E-state index in [0.717, 1.165) is 11.3 Å². The molecule has 1 aromatic carbocycles. The number of carbonyl (C=O) groups is 1. The van der Waals surface area contributed by atoms with Crippen LogP contribution >= 0.6 is 0 Å². The van der Waals surface area contributed by atoms with E-state index in [1.807, 2.05) is 24.3 Å². The van der Waals surface area contributed by atoms with Gasteiger partial charge in [-0.25, -0.2) is 4.79 Å². The molecule has 1 heterocycles. The number of benzene rings is 1. The standard InChI is InChI=1S/C12H11NO3/c1-8-11(12(14)16-13-8)7-9-3-5-10(15-2)6-4-9/h3-7H,1-2H3. The van der Waals surface area contributed by atoms with Crippen molar-refractivity contribution in [2.24, 2.45) is 5.16 Å². The Labute approximate surface area is 93.2 Å². The van der Waals surface area contributed by atoms with E-state index in [4.69, 9.17) is 4.74 Å². The molecule has 0 aliphatic carbocycles. The minimum absolute atomic E-state index is 0.409. The highest BCUT2D eigenvalue weighted by molar-refractivity contribution is 6.24. The third kappa shape index (κ3) is 1.95. The van der Waals surface area contributed by atoms with Gasteiger partial charge in [0.1, 0.15) is 5.75 Å². The summed E-state index contributed by atoms with van der Waals surface area (Å²) in [4.78, 5) is 15.8. The van der Waals surface area contributed by atoms with Crippen LogP contribution in [0.5, 0.6) is 5.75 Å². The molecule has 16 heavy (non-hydrogen) atoms. The van der Waals surface area contributed by atoms with Crippen LogP contribution in [0.4, 0.5) is 0 Å². The predicted molar refractivity (Wildman–Crippen MR) is 60.2 cm³/mol. The molecule has 0 atom stereocenters. The van der Waals surface area contributed by atoms with Gasteiger partial charge in [0, 0.05) is 0 Å². The van der Waals surface area contributed by atoms with Crippen molar-refractivity contribution in [3.05, 3.63) is 35.4 Å². The molecule has 82 valence electrons. The van der Waals surface area contributed by atoms with Gasteiger partial charge < -0.3 is 9.57 Å². The van der Waals surface area contributed by atoms with Crippen LogP contribution in [0.3, 0.4) is 0 Å². The second-order valence-corrected chi connectivity index (χ2v) is 3.39. The lowest BCUT2D eigenvalue weighted by Gasteiger charge is -1.99. The first kappa shape index (κ1) is 10.4. The third-order valence-electron chi connectivity index (χ3n) is 2.30. The maximum Gasteiger partial charge on any atom is 0.367 e. The average molecular weight is 217 g/mol. The number of methoxy groups -OCH3 is 1. The van der Waals surface area contributed by atoms with E-state index < -0.39 is 5.97 Å². The normalized spacial score (nSPS) is 17.2. The smallest absolute Gasteiger partial charge is 0.367 e. The van der Waals surface area contributed by atoms with E-state index in [2.05, 4.69) is 9.99 Å². The summed E-state index contributed by atoms with van der Waals surface area (Å²) in [5.74, 6) is 0.370. The first-order chi connectivity index (χ1) is 7.70. The van der Waals surface area contributed by atoms with E-state index >= 15 is 0 Å². The Bertz CT molecular complexity index is 472. The van der Waals surface area contributed by atoms with Crippen molar-refractivity contribution in [3.63, 3.8) is 0 Å². The minimum atomic E-state index is -0.409. The van der Waals surface area contributed by atoms with Gasteiger partial charge in [-0.1, -0.05) is 17.3 Å². The molecule has 0 aromatic heterocycles. The summed E-state index contributed by atoms with van der Waals surface area (Å²) < 4.78 is 5.05. The molecule has 0 N–H and O–H groups in total. The summed E-state index contributed by atoms with van der Waals surface area (Å²) in [5.41, 5.74) is 2.00. The van der Waals surface area contributed by atoms with Gasteiger partial charge >= 0.3 is 5.97 Å². The van der Waals surface area contributed by atoms with Gasteiger partial charge in [0.05, 0.1) is 18.4 Å². The maximum absolute atomic E-state index is 11.3. The van der Waals surface area contributed by atoms with Crippen LogP contribution < -0.4 is 4.74 Å². The van der Waals surface area contributed by atoms with Crippen molar-refractivity contribution in [2.45, 2.75) is 6.92 Å². The Morgan fingerprint density at radius 1 is 1.31 bits per heavy atom. The fraction of sp³-hybridized carbons (Fsp3) is 0.167. The zero-order valence-electron chi connectivity index (χ0n) is 9.06. The Kier molecular flexibility index (Phi) is 2.72. The Morgan fingerprint density at radius 2 is 2.00 bits per heavy atom. The second-order valence-electron chi connectivity index (χ2n) is 3.39. The molecule has 0 saturated heterocycles. The summed E-state index contributed by atoms with van der Waals surface area (Å²) in [6.45, 7) is 1.74. The Balaban J connectivity index is 2.28. The number of carbonyl (C=O) groups excluding carboxylic acids is 1. The molecule has 1 aliphatic rings. The van der Waals surface area contributed by atoms with E-state index in [9.17, 15) is 4.79 Å². The highest BCUT2D eigenvalue weighted by atomic mass is 16.7. The average Bonchev–Trinajstić information content (AvgIpc) is 2.62. The molecule has 4 nitrogen and oxygen atoms in total. The fourth-order valence-corrected chi connectivity index (χ4v) is 1.39. The first-order valence-electron chi connectivity index (χ1n) is 4.83. The van der Waals surface area contributed by atoms with Gasteiger partial charge in [-0.3, -0.25) is 0 Å². The van der Waals surface area contributed by atoms with Crippen LogP contribution in [0.1, 0.15) is 12.5 Å². The summed E-state index contributed by atoms with van der Waals surface area (Å²) in [7, 11) is 1.61. The van der Waals surface area contributed by atoms with Crippen molar-refractivity contribution < 1.29 is 14.4 Å². The molecule has 0 saturated carbocycles. The van der Waals surface area contributed by atoms with Gasteiger partial charge in [0.2, 0.25) is 0 Å². The third-order valence-corrected chi connectivity index (χ3v) is 2.30. The number of rotatable bonds is 2. The predicted octanol–water partition coefficient (Wildman–Crippen LogP) is 2.01. The van der Waals surface area contributed by atoms with E-state index in [1.165, 1.54) is 0 Å². The van der Waals surface area contributed by atoms with Crippen molar-refractivity contribution in [1.82, 2.24) is 0 Å². The Hall–Kier alpha value is -2.10. The quantitative estimate of drug-likeness (QED) is 0.562. The zero-order valence-corrected chi connectivity index (χ0v) is 9.06. The maximum atomic E-state index is 11.3. The Morgan fingerprint density at radius 3 is 2.50 bits per heavy atom. The van der Waals surface area contributed by atoms with Crippen LogP contribution in [0, 0.1) is 0 Å². The molecule has 0 unspecified atom stereocenters. The molecule has 1 aliphatic heterocycles. The summed E-state index contributed by atoms with van der Waals surface area (Å²) in [6.07, 6.45) is 1.74. The monoisotopic (exact) mass is 217 g/mol. The van der Waals surface area contributed by atoms with Gasteiger partial charge in [-0.15, -0.1) is 0 Å². The molecule has 0 amide bonds. The van der Waals surface area contributed by atoms with Crippen LogP contribution in [0.2, 0.25) is 0 Å². The SMILES string of the molecule is COc1ccc(C=C2C(=O)ON=C2C)cc1. The number of nitrogens with zero attached hydrogens (tertiary/aromatic N) is 1. The topological polar surface area (TPSA) is 47.9 Å². The summed E-state index contributed by atoms with van der Waals surface area (Å²) >= 11 is 0. The van der Waals surface area contributed by atoms with Gasteiger partial charge in [-0.05, 0) is 30.7 Å². The van der Waals surface area contributed by atoms with Crippen molar-refractivity contribution in [2.75, 3.05) is 7.11 Å². The molecular weight excluding hydrogens is 206 g/mol.